The van der Waals surface area contributed by atoms with Gasteiger partial charge in [0.1, 0.15) is 0 Å². The Morgan fingerprint density at radius 2 is 1.93 bits per heavy atom. The minimum Gasteiger partial charge on any atom is -0.324 e. The Kier molecular flexibility index (Phi) is 4.63. The van der Waals surface area contributed by atoms with Crippen LogP contribution in [0.1, 0.15) is 24.9 Å². The maximum atomic E-state index is 6.07. The number of nitrogens with zero attached hydrogens (tertiary/aromatic N) is 1. The molecule has 0 saturated carbocycles. The zero-order valence-electron chi connectivity index (χ0n) is 9.11. The number of rotatable bonds is 5. The van der Waals surface area contributed by atoms with E-state index in [2.05, 4.69) is 31.0 Å². The topological polar surface area (TPSA) is 29.3 Å². The van der Waals surface area contributed by atoms with E-state index in [1.165, 1.54) is 5.56 Å². The minimum absolute atomic E-state index is 0.171. The first-order valence-corrected chi connectivity index (χ1v) is 5.23. The lowest BCUT2D eigenvalue weighted by Crippen LogP contribution is -2.23. The lowest BCUT2D eigenvalue weighted by molar-refractivity contribution is 0.335. The molecule has 1 aromatic carbocycles. The highest BCUT2D eigenvalue weighted by Crippen LogP contribution is 2.13. The van der Waals surface area contributed by atoms with Gasteiger partial charge in [-0.05, 0) is 32.1 Å². The van der Waals surface area contributed by atoms with Gasteiger partial charge in [0.15, 0.2) is 0 Å². The van der Waals surface area contributed by atoms with Gasteiger partial charge in [0.25, 0.3) is 0 Å². The fourth-order valence-electron chi connectivity index (χ4n) is 1.38. The van der Waals surface area contributed by atoms with Crippen LogP contribution in [-0.4, -0.2) is 25.0 Å². The fraction of sp³-hybridized carbons (Fsp3) is 0.500. The van der Waals surface area contributed by atoms with Crippen molar-refractivity contribution in [2.75, 3.05) is 20.1 Å². The molecule has 0 radical (unpaired) electrons. The molecule has 14 heavy (non-hydrogen) atoms. The van der Waals surface area contributed by atoms with Crippen molar-refractivity contribution in [3.8, 4) is 0 Å². The first-order valence-electron chi connectivity index (χ1n) is 5.23. The Balaban J connectivity index is 2.39. The lowest BCUT2D eigenvalue weighted by atomic mass is 10.0. The van der Waals surface area contributed by atoms with Gasteiger partial charge >= 0.3 is 0 Å². The van der Waals surface area contributed by atoms with E-state index in [4.69, 9.17) is 5.73 Å². The molecule has 0 amide bonds. The summed E-state index contributed by atoms with van der Waals surface area (Å²) in [5.41, 5.74) is 7.30. The van der Waals surface area contributed by atoms with Crippen LogP contribution in [-0.2, 0) is 0 Å². The molecule has 0 aliphatic rings. The van der Waals surface area contributed by atoms with Crippen LogP contribution >= 0.6 is 0 Å². The van der Waals surface area contributed by atoms with Crippen molar-refractivity contribution in [3.05, 3.63) is 35.9 Å². The van der Waals surface area contributed by atoms with Gasteiger partial charge in [-0.3, -0.25) is 0 Å². The third-order valence-electron chi connectivity index (χ3n) is 2.59. The van der Waals surface area contributed by atoms with E-state index in [9.17, 15) is 0 Å². The van der Waals surface area contributed by atoms with Crippen LogP contribution in [0.4, 0.5) is 0 Å². The van der Waals surface area contributed by atoms with Crippen LogP contribution in [0.25, 0.3) is 0 Å². The second kappa shape index (κ2) is 5.78. The smallest absolute Gasteiger partial charge is 0.0307 e. The summed E-state index contributed by atoms with van der Waals surface area (Å²) in [5, 5.41) is 0. The monoisotopic (exact) mass is 192 g/mol. The Hall–Kier alpha value is -0.860. The average molecular weight is 192 g/mol. The summed E-state index contributed by atoms with van der Waals surface area (Å²) >= 11 is 0. The number of benzene rings is 1. The van der Waals surface area contributed by atoms with Crippen molar-refractivity contribution < 1.29 is 0 Å². The van der Waals surface area contributed by atoms with Crippen molar-refractivity contribution in [2.24, 2.45) is 5.73 Å². The molecule has 0 aliphatic heterocycles. The predicted molar refractivity (Wildman–Crippen MR) is 61.2 cm³/mol. The summed E-state index contributed by atoms with van der Waals surface area (Å²) < 4.78 is 0. The standard InChI is InChI=1S/C12H20N2/c1-3-14(2)10-9-12(13)11-7-5-4-6-8-11/h4-8,12H,3,9-10,13H2,1-2H3. The maximum absolute atomic E-state index is 6.07. The number of hydrogen-bond donors (Lipinski definition) is 1. The summed E-state index contributed by atoms with van der Waals surface area (Å²) in [6, 6.07) is 10.5. The molecular formula is C12H20N2. The van der Waals surface area contributed by atoms with Crippen LogP contribution < -0.4 is 5.73 Å². The van der Waals surface area contributed by atoms with Crippen LogP contribution in [0.2, 0.25) is 0 Å². The van der Waals surface area contributed by atoms with E-state index in [1.807, 2.05) is 18.2 Å². The van der Waals surface area contributed by atoms with Crippen molar-refractivity contribution >= 4 is 0 Å². The molecule has 2 heteroatoms. The van der Waals surface area contributed by atoms with Gasteiger partial charge in [-0.1, -0.05) is 37.3 Å². The van der Waals surface area contributed by atoms with E-state index in [0.717, 1.165) is 19.5 Å². The van der Waals surface area contributed by atoms with E-state index in [-0.39, 0.29) is 6.04 Å². The summed E-state index contributed by atoms with van der Waals surface area (Å²) in [7, 11) is 2.12. The largest absolute Gasteiger partial charge is 0.324 e. The Labute approximate surface area is 86.7 Å². The van der Waals surface area contributed by atoms with E-state index in [0.29, 0.717) is 0 Å². The molecule has 0 bridgehead atoms. The molecule has 0 aromatic heterocycles. The molecule has 0 heterocycles. The number of nitrogens with two attached hydrogens (primary N) is 1. The molecule has 2 N–H and O–H groups in total. The van der Waals surface area contributed by atoms with Crippen LogP contribution in [0.15, 0.2) is 30.3 Å². The molecule has 0 spiro atoms. The van der Waals surface area contributed by atoms with Gasteiger partial charge < -0.3 is 10.6 Å². The van der Waals surface area contributed by atoms with E-state index >= 15 is 0 Å². The SMILES string of the molecule is CCN(C)CCC(N)c1ccccc1. The first-order chi connectivity index (χ1) is 6.74. The molecule has 1 atom stereocenters. The Bertz CT molecular complexity index is 246. The average Bonchev–Trinajstić information content (AvgIpc) is 2.26. The normalized spacial score (nSPS) is 13.1. The van der Waals surface area contributed by atoms with Crippen molar-refractivity contribution in [1.82, 2.24) is 4.90 Å². The van der Waals surface area contributed by atoms with E-state index < -0.39 is 0 Å². The van der Waals surface area contributed by atoms with Gasteiger partial charge in [0.2, 0.25) is 0 Å². The fourth-order valence-corrected chi connectivity index (χ4v) is 1.38. The van der Waals surface area contributed by atoms with Crippen molar-refractivity contribution in [1.29, 1.82) is 0 Å². The zero-order chi connectivity index (χ0) is 10.4. The minimum atomic E-state index is 0.171. The molecule has 78 valence electrons. The Morgan fingerprint density at radius 1 is 1.29 bits per heavy atom. The highest BCUT2D eigenvalue weighted by atomic mass is 15.1. The molecule has 2 nitrogen and oxygen atoms in total. The number of hydrogen-bond acceptors (Lipinski definition) is 2. The molecule has 0 saturated heterocycles. The Morgan fingerprint density at radius 3 is 2.50 bits per heavy atom. The summed E-state index contributed by atoms with van der Waals surface area (Å²) in [6.07, 6.45) is 1.02. The quantitative estimate of drug-likeness (QED) is 0.773. The van der Waals surface area contributed by atoms with Gasteiger partial charge in [-0.15, -0.1) is 0 Å². The van der Waals surface area contributed by atoms with Crippen molar-refractivity contribution in [3.63, 3.8) is 0 Å². The second-order valence-corrected chi connectivity index (χ2v) is 3.70. The van der Waals surface area contributed by atoms with Gasteiger partial charge in [-0.2, -0.15) is 0 Å². The third kappa shape index (κ3) is 3.48. The van der Waals surface area contributed by atoms with Gasteiger partial charge in [-0.25, -0.2) is 0 Å². The second-order valence-electron chi connectivity index (χ2n) is 3.70. The molecule has 0 fully saturated rings. The van der Waals surface area contributed by atoms with Gasteiger partial charge in [0.05, 0.1) is 0 Å². The summed E-state index contributed by atoms with van der Waals surface area (Å²) in [5.74, 6) is 0. The maximum Gasteiger partial charge on any atom is 0.0307 e. The van der Waals surface area contributed by atoms with Crippen LogP contribution in [0.3, 0.4) is 0 Å². The molecule has 1 unspecified atom stereocenters. The highest BCUT2D eigenvalue weighted by Gasteiger charge is 2.05. The summed E-state index contributed by atoms with van der Waals surface area (Å²) in [6.45, 7) is 4.31. The van der Waals surface area contributed by atoms with Gasteiger partial charge in [0, 0.05) is 6.04 Å². The molecule has 1 aromatic rings. The predicted octanol–water partition coefficient (Wildman–Crippen LogP) is 2.03. The summed E-state index contributed by atoms with van der Waals surface area (Å²) in [4.78, 5) is 2.28. The molecule has 1 rings (SSSR count). The lowest BCUT2D eigenvalue weighted by Gasteiger charge is -2.17. The third-order valence-corrected chi connectivity index (χ3v) is 2.59. The van der Waals surface area contributed by atoms with E-state index in [1.54, 1.807) is 0 Å². The molecular weight excluding hydrogens is 172 g/mol. The van der Waals surface area contributed by atoms with Crippen molar-refractivity contribution in [2.45, 2.75) is 19.4 Å². The van der Waals surface area contributed by atoms with Crippen LogP contribution in [0, 0.1) is 0 Å². The highest BCUT2D eigenvalue weighted by molar-refractivity contribution is 5.18. The molecule has 0 aliphatic carbocycles. The zero-order valence-corrected chi connectivity index (χ0v) is 9.11. The van der Waals surface area contributed by atoms with Crippen LogP contribution in [0.5, 0.6) is 0 Å². The first kappa shape index (κ1) is 11.2.